The van der Waals surface area contributed by atoms with E-state index in [1.165, 1.54) is 29.6 Å². The zero-order chi connectivity index (χ0) is 19.2. The summed E-state index contributed by atoms with van der Waals surface area (Å²) in [5, 5.41) is 12.7. The Kier molecular flexibility index (Phi) is 4.01. The molecule has 27 heavy (non-hydrogen) atoms. The van der Waals surface area contributed by atoms with Gasteiger partial charge in [-0.3, -0.25) is 0 Å². The maximum atomic E-state index is 12.2. The van der Waals surface area contributed by atoms with Crippen molar-refractivity contribution in [3.8, 4) is 11.5 Å². The highest BCUT2D eigenvalue weighted by Crippen LogP contribution is 2.29. The first-order chi connectivity index (χ1) is 12.8. The van der Waals surface area contributed by atoms with Crippen LogP contribution in [0.3, 0.4) is 0 Å². The Morgan fingerprint density at radius 1 is 1.15 bits per heavy atom. The van der Waals surface area contributed by atoms with Crippen molar-refractivity contribution >= 4 is 48.3 Å². The molecule has 2 aromatic heterocycles. The second-order valence-corrected chi connectivity index (χ2v) is 8.20. The first-order valence-electron chi connectivity index (χ1n) is 7.62. The van der Waals surface area contributed by atoms with Crippen molar-refractivity contribution in [1.29, 1.82) is 0 Å². The molecular formula is C17H12N2O6S2. The second-order valence-electron chi connectivity index (χ2n) is 5.74. The molecule has 0 unspecified atom stereocenters. The lowest BCUT2D eigenvalue weighted by Gasteiger charge is -2.08. The highest BCUT2D eigenvalue weighted by molar-refractivity contribution is 7.86. The summed E-state index contributed by atoms with van der Waals surface area (Å²) in [6.45, 7) is 0. The second kappa shape index (κ2) is 6.25. The molecule has 0 amide bonds. The standard InChI is InChI=1S/C17H12N2O6S2/c18-17-19-9(7-26-17)8-27(22,23)25-11-2-4-13-12-3-1-10(20)5-14(12)16(21)24-15(13)6-11/h1-7,20H,8H2,(H2,18,19). The molecule has 0 spiro atoms. The Morgan fingerprint density at radius 2 is 1.93 bits per heavy atom. The van der Waals surface area contributed by atoms with E-state index in [0.717, 1.165) is 11.3 Å². The number of nitrogens with zero attached hydrogens (tertiary/aromatic N) is 1. The van der Waals surface area contributed by atoms with Crippen LogP contribution in [0, 0.1) is 0 Å². The average molecular weight is 404 g/mol. The minimum atomic E-state index is -3.97. The van der Waals surface area contributed by atoms with Crippen molar-refractivity contribution in [2.24, 2.45) is 0 Å². The summed E-state index contributed by atoms with van der Waals surface area (Å²) in [5.74, 6) is -0.477. The molecule has 0 atom stereocenters. The summed E-state index contributed by atoms with van der Waals surface area (Å²) < 4.78 is 34.8. The van der Waals surface area contributed by atoms with Gasteiger partial charge in [-0.1, -0.05) is 0 Å². The van der Waals surface area contributed by atoms with E-state index in [1.807, 2.05) is 0 Å². The number of fused-ring (bicyclic) bond motifs is 3. The van der Waals surface area contributed by atoms with E-state index in [-0.39, 0.29) is 33.3 Å². The van der Waals surface area contributed by atoms with E-state index in [1.54, 1.807) is 12.1 Å². The highest BCUT2D eigenvalue weighted by atomic mass is 32.2. The maximum absolute atomic E-state index is 12.2. The third-order valence-corrected chi connectivity index (χ3v) is 5.60. The number of anilines is 1. The minimum Gasteiger partial charge on any atom is -0.508 e. The molecule has 4 rings (SSSR count). The fraction of sp³-hybridized carbons (Fsp3) is 0.0588. The molecule has 8 nitrogen and oxygen atoms in total. The van der Waals surface area contributed by atoms with Gasteiger partial charge in [0.25, 0.3) is 0 Å². The molecule has 138 valence electrons. The van der Waals surface area contributed by atoms with E-state index < -0.39 is 21.5 Å². The molecule has 0 aliphatic rings. The topological polar surface area (TPSA) is 133 Å². The first kappa shape index (κ1) is 17.3. The van der Waals surface area contributed by atoms with E-state index in [0.29, 0.717) is 10.8 Å². The number of phenolic OH excluding ortho intramolecular Hbond substituents is 1. The molecule has 4 aromatic rings. The lowest BCUT2D eigenvalue weighted by atomic mass is 10.1. The van der Waals surface area contributed by atoms with Gasteiger partial charge < -0.3 is 19.4 Å². The van der Waals surface area contributed by atoms with Crippen LogP contribution in [0.15, 0.2) is 51.0 Å². The van der Waals surface area contributed by atoms with E-state index in [2.05, 4.69) is 4.98 Å². The number of hydrogen-bond acceptors (Lipinski definition) is 9. The van der Waals surface area contributed by atoms with E-state index in [9.17, 15) is 18.3 Å². The van der Waals surface area contributed by atoms with Crippen molar-refractivity contribution < 1.29 is 22.1 Å². The number of phenols is 1. The third kappa shape index (κ3) is 3.44. The van der Waals surface area contributed by atoms with Crippen molar-refractivity contribution in [2.75, 3.05) is 5.73 Å². The molecule has 0 radical (unpaired) electrons. The molecule has 2 heterocycles. The Balaban J connectivity index is 1.72. The predicted octanol–water partition coefficient (Wildman–Crippen LogP) is 2.60. The summed E-state index contributed by atoms with van der Waals surface area (Å²) in [6.07, 6.45) is 0. The molecule has 0 bridgehead atoms. The molecule has 2 aromatic carbocycles. The predicted molar refractivity (Wildman–Crippen MR) is 101 cm³/mol. The average Bonchev–Trinajstić information content (AvgIpc) is 2.98. The molecule has 10 heteroatoms. The lowest BCUT2D eigenvalue weighted by molar-refractivity contribution is 0.475. The van der Waals surface area contributed by atoms with Gasteiger partial charge >= 0.3 is 15.7 Å². The van der Waals surface area contributed by atoms with Gasteiger partial charge in [0.15, 0.2) is 5.13 Å². The van der Waals surface area contributed by atoms with Crippen LogP contribution in [0.5, 0.6) is 11.5 Å². The Hall–Kier alpha value is -3.11. The Labute approximate surface area is 156 Å². The summed E-state index contributed by atoms with van der Waals surface area (Å²) in [6, 6.07) is 8.74. The van der Waals surface area contributed by atoms with Crippen molar-refractivity contribution in [3.63, 3.8) is 0 Å². The summed E-state index contributed by atoms with van der Waals surface area (Å²) in [5.41, 5.74) is 5.31. The molecular weight excluding hydrogens is 392 g/mol. The molecule has 0 saturated carbocycles. The van der Waals surface area contributed by atoms with Crippen molar-refractivity contribution in [1.82, 2.24) is 4.98 Å². The molecule has 3 N–H and O–H groups in total. The van der Waals surface area contributed by atoms with Gasteiger partial charge in [0, 0.05) is 22.2 Å². The third-order valence-electron chi connectivity index (χ3n) is 3.79. The van der Waals surface area contributed by atoms with Gasteiger partial charge in [0.05, 0.1) is 11.1 Å². The molecule has 0 aliphatic carbocycles. The van der Waals surface area contributed by atoms with Gasteiger partial charge in [0.2, 0.25) is 0 Å². The fourth-order valence-electron chi connectivity index (χ4n) is 2.70. The van der Waals surface area contributed by atoms with E-state index in [4.69, 9.17) is 14.3 Å². The lowest BCUT2D eigenvalue weighted by Crippen LogP contribution is -2.12. The SMILES string of the molecule is Nc1nc(CS(=O)(=O)Oc2ccc3c(c2)oc(=O)c2cc(O)ccc23)cs1. The van der Waals surface area contributed by atoms with Gasteiger partial charge in [0.1, 0.15) is 22.8 Å². The van der Waals surface area contributed by atoms with Crippen molar-refractivity contribution in [3.05, 3.63) is 57.9 Å². The number of thiazole rings is 1. The first-order valence-corrected chi connectivity index (χ1v) is 10.1. The van der Waals surface area contributed by atoms with Crippen LogP contribution in [0.1, 0.15) is 5.69 Å². The molecule has 0 aliphatic heterocycles. The number of benzene rings is 2. The van der Waals surface area contributed by atoms with Crippen LogP contribution in [0.4, 0.5) is 5.13 Å². The van der Waals surface area contributed by atoms with Crippen molar-refractivity contribution in [2.45, 2.75) is 5.75 Å². The van der Waals surface area contributed by atoms with Crippen LogP contribution >= 0.6 is 11.3 Å². The van der Waals surface area contributed by atoms with Gasteiger partial charge in [-0.15, -0.1) is 11.3 Å². The van der Waals surface area contributed by atoms with Crippen LogP contribution in [0.25, 0.3) is 21.7 Å². The fourth-order valence-corrected chi connectivity index (χ4v) is 4.33. The Bertz CT molecular complexity index is 1340. The van der Waals surface area contributed by atoms with Crippen LogP contribution in [0.2, 0.25) is 0 Å². The number of hydrogen-bond donors (Lipinski definition) is 2. The number of aromatic hydroxyl groups is 1. The van der Waals surface area contributed by atoms with Crippen LogP contribution in [-0.2, 0) is 15.9 Å². The van der Waals surface area contributed by atoms with E-state index >= 15 is 0 Å². The molecule has 0 fully saturated rings. The quantitative estimate of drug-likeness (QED) is 0.301. The van der Waals surface area contributed by atoms with Gasteiger partial charge in [-0.05, 0) is 30.3 Å². The number of aromatic nitrogens is 1. The van der Waals surface area contributed by atoms with Crippen LogP contribution < -0.4 is 15.5 Å². The van der Waals surface area contributed by atoms with Gasteiger partial charge in [-0.2, -0.15) is 8.42 Å². The highest BCUT2D eigenvalue weighted by Gasteiger charge is 2.17. The summed E-state index contributed by atoms with van der Waals surface area (Å²) >= 11 is 1.14. The zero-order valence-electron chi connectivity index (χ0n) is 13.6. The monoisotopic (exact) mass is 404 g/mol. The normalized spacial score (nSPS) is 11.9. The number of rotatable bonds is 4. The maximum Gasteiger partial charge on any atom is 0.344 e. The number of nitrogen functional groups attached to an aromatic ring is 1. The van der Waals surface area contributed by atoms with Crippen LogP contribution in [-0.4, -0.2) is 18.5 Å². The molecule has 0 saturated heterocycles. The van der Waals surface area contributed by atoms with Gasteiger partial charge in [-0.25, -0.2) is 9.78 Å². The number of nitrogens with two attached hydrogens (primary N) is 1. The summed E-state index contributed by atoms with van der Waals surface area (Å²) in [7, 11) is -3.97. The zero-order valence-corrected chi connectivity index (χ0v) is 15.2. The smallest absolute Gasteiger partial charge is 0.344 e. The Morgan fingerprint density at radius 3 is 2.67 bits per heavy atom. The largest absolute Gasteiger partial charge is 0.508 e. The minimum absolute atomic E-state index is 0.00646. The summed E-state index contributed by atoms with van der Waals surface area (Å²) in [4.78, 5) is 16.0.